The first kappa shape index (κ1) is 27.1. The van der Waals surface area contributed by atoms with Crippen LogP contribution in [0.25, 0.3) is 10.8 Å². The predicted molar refractivity (Wildman–Crippen MR) is 147 cm³/mol. The van der Waals surface area contributed by atoms with E-state index in [9.17, 15) is 35.4 Å². The SMILES string of the molecule is CC.O=c1c(O)cc(C2Oc3cccc(O)c3CC2O)cc2c(C3Oc4ccccc4CC3O)cc(O)c(O)c12. The van der Waals surface area contributed by atoms with Crippen molar-refractivity contribution in [1.29, 1.82) is 0 Å². The van der Waals surface area contributed by atoms with Crippen molar-refractivity contribution in [3.8, 4) is 34.5 Å². The van der Waals surface area contributed by atoms with E-state index in [-0.39, 0.29) is 40.5 Å². The number of aromatic hydroxyl groups is 4. The third-order valence-electron chi connectivity index (χ3n) is 7.19. The van der Waals surface area contributed by atoms with Crippen molar-refractivity contribution >= 4 is 10.8 Å². The van der Waals surface area contributed by atoms with Crippen molar-refractivity contribution in [1.82, 2.24) is 0 Å². The number of aliphatic hydroxyl groups is 2. The highest BCUT2D eigenvalue weighted by atomic mass is 16.5. The molecule has 6 N–H and O–H groups in total. The van der Waals surface area contributed by atoms with Gasteiger partial charge >= 0.3 is 0 Å². The van der Waals surface area contributed by atoms with Gasteiger partial charge in [0.05, 0.1) is 17.6 Å². The Balaban J connectivity index is 0.00000158. The molecular formula is C31H30O9. The third-order valence-corrected chi connectivity index (χ3v) is 7.19. The number of phenols is 3. The first-order valence-corrected chi connectivity index (χ1v) is 13.1. The highest BCUT2D eigenvalue weighted by Gasteiger charge is 2.35. The molecular weight excluding hydrogens is 516 g/mol. The number of ether oxygens (including phenoxy) is 2. The second-order valence-corrected chi connectivity index (χ2v) is 9.61. The van der Waals surface area contributed by atoms with Crippen LogP contribution in [0.15, 0.2) is 65.5 Å². The molecule has 0 spiro atoms. The Hall–Kier alpha value is -4.47. The van der Waals surface area contributed by atoms with E-state index in [1.807, 2.05) is 26.0 Å². The fraction of sp³-hybridized carbons (Fsp3) is 0.258. The molecule has 2 heterocycles. The number of hydrogen-bond donors (Lipinski definition) is 6. The van der Waals surface area contributed by atoms with Gasteiger partial charge in [-0.1, -0.05) is 38.1 Å². The summed E-state index contributed by atoms with van der Waals surface area (Å²) >= 11 is 0. The van der Waals surface area contributed by atoms with Crippen LogP contribution in [0.1, 0.15) is 48.3 Å². The lowest BCUT2D eigenvalue weighted by Gasteiger charge is -2.32. The second-order valence-electron chi connectivity index (χ2n) is 9.61. The molecule has 9 nitrogen and oxygen atoms in total. The fourth-order valence-electron chi connectivity index (χ4n) is 5.34. The molecule has 0 aliphatic carbocycles. The lowest BCUT2D eigenvalue weighted by Crippen LogP contribution is -2.31. The predicted octanol–water partition coefficient (Wildman–Crippen LogP) is 4.12. The van der Waals surface area contributed by atoms with E-state index in [0.717, 1.165) is 11.6 Å². The first-order valence-electron chi connectivity index (χ1n) is 13.1. The number of phenolic OH excluding ortho intramolecular Hbond substituents is 3. The van der Waals surface area contributed by atoms with Gasteiger partial charge in [0.1, 0.15) is 23.4 Å². The molecule has 4 aromatic carbocycles. The quantitative estimate of drug-likeness (QED) is 0.204. The molecule has 0 fully saturated rings. The number of aliphatic hydroxyl groups excluding tert-OH is 2. The molecule has 4 atom stereocenters. The number of hydrogen-bond acceptors (Lipinski definition) is 9. The van der Waals surface area contributed by atoms with Gasteiger partial charge < -0.3 is 40.1 Å². The van der Waals surface area contributed by atoms with Gasteiger partial charge in [-0.25, -0.2) is 0 Å². The highest BCUT2D eigenvalue weighted by Crippen LogP contribution is 2.44. The van der Waals surface area contributed by atoms with Crippen molar-refractivity contribution in [3.05, 3.63) is 93.1 Å². The van der Waals surface area contributed by atoms with Crippen LogP contribution in [0.3, 0.4) is 0 Å². The molecule has 4 aromatic rings. The van der Waals surface area contributed by atoms with Crippen LogP contribution >= 0.6 is 0 Å². The molecule has 2 aliphatic heterocycles. The van der Waals surface area contributed by atoms with Gasteiger partial charge in [0.2, 0.25) is 5.43 Å². The van der Waals surface area contributed by atoms with E-state index in [1.165, 1.54) is 18.2 Å². The lowest BCUT2D eigenvalue weighted by atomic mass is 9.90. The Morgan fingerprint density at radius 3 is 2.17 bits per heavy atom. The maximum atomic E-state index is 13.2. The van der Waals surface area contributed by atoms with E-state index < -0.39 is 47.1 Å². The summed E-state index contributed by atoms with van der Waals surface area (Å²) in [7, 11) is 0. The van der Waals surface area contributed by atoms with Crippen molar-refractivity contribution < 1.29 is 40.1 Å². The topological polar surface area (TPSA) is 157 Å². The van der Waals surface area contributed by atoms with Crippen LogP contribution in [-0.2, 0) is 12.8 Å². The summed E-state index contributed by atoms with van der Waals surface area (Å²) in [6.45, 7) is 4.00. The largest absolute Gasteiger partial charge is 0.508 e. The van der Waals surface area contributed by atoms with Gasteiger partial charge in [-0.2, -0.15) is 0 Å². The van der Waals surface area contributed by atoms with Crippen molar-refractivity contribution in [2.75, 3.05) is 0 Å². The normalized spacial score (nSPS) is 21.2. The van der Waals surface area contributed by atoms with Gasteiger partial charge in [-0.05, 0) is 52.9 Å². The molecule has 4 unspecified atom stereocenters. The summed E-state index contributed by atoms with van der Waals surface area (Å²) in [6.07, 6.45) is -3.98. The van der Waals surface area contributed by atoms with E-state index in [0.29, 0.717) is 17.1 Å². The second kappa shape index (κ2) is 10.6. The van der Waals surface area contributed by atoms with Gasteiger partial charge in [-0.15, -0.1) is 0 Å². The average molecular weight is 547 g/mol. The van der Waals surface area contributed by atoms with E-state index in [4.69, 9.17) is 9.47 Å². The van der Waals surface area contributed by atoms with E-state index >= 15 is 0 Å². The molecule has 0 bridgehead atoms. The fourth-order valence-corrected chi connectivity index (χ4v) is 5.34. The molecule has 0 saturated carbocycles. The minimum atomic E-state index is -1.15. The molecule has 0 aromatic heterocycles. The third kappa shape index (κ3) is 4.53. The number of fused-ring (bicyclic) bond motifs is 3. The minimum Gasteiger partial charge on any atom is -0.508 e. The van der Waals surface area contributed by atoms with Gasteiger partial charge in [0, 0.05) is 24.0 Å². The van der Waals surface area contributed by atoms with Crippen LogP contribution < -0.4 is 14.9 Å². The van der Waals surface area contributed by atoms with Crippen LogP contribution in [0.2, 0.25) is 0 Å². The summed E-state index contributed by atoms with van der Waals surface area (Å²) in [4.78, 5) is 13.2. The summed E-state index contributed by atoms with van der Waals surface area (Å²) < 4.78 is 12.1. The Kier molecular flexibility index (Phi) is 7.18. The Morgan fingerprint density at radius 1 is 0.725 bits per heavy atom. The molecule has 0 saturated heterocycles. The summed E-state index contributed by atoms with van der Waals surface area (Å²) in [5.41, 5.74) is 0.658. The minimum absolute atomic E-state index is 0.0276. The van der Waals surface area contributed by atoms with Crippen LogP contribution in [0, 0.1) is 0 Å². The maximum absolute atomic E-state index is 13.2. The highest BCUT2D eigenvalue weighted by molar-refractivity contribution is 5.94. The van der Waals surface area contributed by atoms with Crippen LogP contribution in [-0.4, -0.2) is 42.8 Å². The Morgan fingerprint density at radius 2 is 1.40 bits per heavy atom. The van der Waals surface area contributed by atoms with E-state index in [2.05, 4.69) is 0 Å². The first-order chi connectivity index (χ1) is 19.2. The van der Waals surface area contributed by atoms with Gasteiger partial charge in [-0.3, -0.25) is 4.79 Å². The molecule has 9 heteroatoms. The van der Waals surface area contributed by atoms with Crippen molar-refractivity contribution in [3.63, 3.8) is 0 Å². The van der Waals surface area contributed by atoms with Crippen LogP contribution in [0.4, 0.5) is 0 Å². The Bertz CT molecular complexity index is 1650. The summed E-state index contributed by atoms with van der Waals surface area (Å²) in [5.74, 6) is -1.27. The molecule has 6 rings (SSSR count). The summed E-state index contributed by atoms with van der Waals surface area (Å²) in [6, 6.07) is 15.7. The molecule has 208 valence electrons. The lowest BCUT2D eigenvalue weighted by molar-refractivity contribution is 0.0197. The standard InChI is InChI=1S/C29H24O9.C2H6/c30-18-5-3-7-24-17(18)12-22(34)28(38-24)14-8-15-16(11-20(32)27(36)25(15)26(35)19(31)10-14)29-21(33)9-13-4-1-2-6-23(13)37-29;1-2/h1-8,10-11,21-22,28-30,32-34,36H,9,12H2,(H,31,35);1-2H3. The zero-order chi connectivity index (χ0) is 28.7. The molecule has 2 aliphatic rings. The Labute approximate surface area is 229 Å². The molecule has 0 radical (unpaired) electrons. The number of para-hydroxylation sites is 1. The van der Waals surface area contributed by atoms with E-state index in [1.54, 1.807) is 24.3 Å². The van der Waals surface area contributed by atoms with Crippen LogP contribution in [0.5, 0.6) is 34.5 Å². The zero-order valence-corrected chi connectivity index (χ0v) is 21.9. The van der Waals surface area contributed by atoms with Crippen molar-refractivity contribution in [2.45, 2.75) is 51.1 Å². The number of benzene rings is 3. The average Bonchev–Trinajstić information content (AvgIpc) is 3.08. The zero-order valence-electron chi connectivity index (χ0n) is 21.9. The smallest absolute Gasteiger partial charge is 0.231 e. The molecule has 40 heavy (non-hydrogen) atoms. The molecule has 0 amide bonds. The van der Waals surface area contributed by atoms with Crippen molar-refractivity contribution in [2.24, 2.45) is 0 Å². The van der Waals surface area contributed by atoms with Gasteiger partial charge in [0.15, 0.2) is 23.4 Å². The van der Waals surface area contributed by atoms with Gasteiger partial charge in [0.25, 0.3) is 0 Å². The summed E-state index contributed by atoms with van der Waals surface area (Å²) in [5, 5.41) is 63.6. The monoisotopic (exact) mass is 546 g/mol. The maximum Gasteiger partial charge on any atom is 0.231 e. The number of rotatable bonds is 2.